The molecule has 0 N–H and O–H groups in total. The normalized spacial score (nSPS) is 11.6. The van der Waals surface area contributed by atoms with Crippen molar-refractivity contribution in [3.63, 3.8) is 0 Å². The monoisotopic (exact) mass is 1230 g/mol. The van der Waals surface area contributed by atoms with Gasteiger partial charge in [0, 0.05) is 89.5 Å². The quantitative estimate of drug-likeness (QED) is 0.129. The van der Waals surface area contributed by atoms with E-state index >= 15 is 0 Å². The Balaban J connectivity index is 0.988. The van der Waals surface area contributed by atoms with Gasteiger partial charge in [-0.25, -0.2) is 0 Å². The molecule has 0 unspecified atom stereocenters. The lowest BCUT2D eigenvalue weighted by Gasteiger charge is -2.31. The summed E-state index contributed by atoms with van der Waals surface area (Å²) in [5.74, 6) is 0. The van der Waals surface area contributed by atoms with Crippen LogP contribution in [0.5, 0.6) is 0 Å². The van der Waals surface area contributed by atoms with Crippen LogP contribution in [-0.4, -0.2) is 9.55 Å². The molecule has 0 amide bonds. The van der Waals surface area contributed by atoms with Gasteiger partial charge in [0.2, 0.25) is 0 Å². The summed E-state index contributed by atoms with van der Waals surface area (Å²) in [5, 5.41) is 17.2. The summed E-state index contributed by atoms with van der Waals surface area (Å²) >= 11 is 0. The first-order chi connectivity index (χ1) is 47.4. The van der Waals surface area contributed by atoms with Crippen LogP contribution in [0.1, 0.15) is 11.3 Å². The smallest absolute Gasteiger partial charge is 0.0793 e. The van der Waals surface area contributed by atoms with E-state index in [0.29, 0.717) is 0 Å². The summed E-state index contributed by atoms with van der Waals surface area (Å²) in [5.41, 5.74) is 17.6. The highest BCUT2D eigenvalue weighted by Crippen LogP contribution is 2.49. The van der Waals surface area contributed by atoms with Crippen molar-refractivity contribution in [2.24, 2.45) is 0 Å². The Morgan fingerprint density at radius 2 is 0.698 bits per heavy atom. The summed E-state index contributed by atoms with van der Waals surface area (Å²) in [6.45, 7) is 4.56. The fourth-order valence-corrected chi connectivity index (χ4v) is 15.1. The molecule has 5 heteroatoms. The maximum atomic E-state index is 6.06. The molecule has 18 rings (SSSR count). The number of nitrogens with zero attached hydrogens (tertiary/aromatic N) is 5. The zero-order valence-corrected chi connectivity index (χ0v) is 53.1. The van der Waals surface area contributed by atoms with Crippen LogP contribution < -0.4 is 14.7 Å². The number of fused-ring (bicyclic) bond motifs is 10. The van der Waals surface area contributed by atoms with Crippen LogP contribution in [-0.2, 0) is 0 Å². The van der Waals surface area contributed by atoms with Crippen molar-refractivity contribution in [2.45, 2.75) is 13.8 Å². The van der Waals surface area contributed by atoms with Crippen LogP contribution in [0.15, 0.2) is 346 Å². The molecular weight excluding hydrogens is 1160 g/mol. The molecule has 0 aliphatic carbocycles. The molecule has 2 heterocycles. The first-order valence-corrected chi connectivity index (χ1v) is 33.0. The summed E-state index contributed by atoms with van der Waals surface area (Å²) in [6, 6.07) is 127. The minimum Gasteiger partial charge on any atom is -0.310 e. The largest absolute Gasteiger partial charge is 0.310 e. The van der Waals surface area contributed by atoms with Gasteiger partial charge in [-0.1, -0.05) is 224 Å². The van der Waals surface area contributed by atoms with Crippen LogP contribution in [0.3, 0.4) is 0 Å². The van der Waals surface area contributed by atoms with Crippen molar-refractivity contribution in [3.8, 4) is 16.8 Å². The lowest BCUT2D eigenvalue weighted by molar-refractivity contribution is 1.16. The zero-order chi connectivity index (χ0) is 63.8. The second-order valence-electron chi connectivity index (χ2n) is 25.2. The molecule has 0 aliphatic heterocycles. The van der Waals surface area contributed by atoms with Gasteiger partial charge in [0.25, 0.3) is 0 Å². The standard InChI is InChI=1S/C91H63N5/c1-60-88(61(2)92-91-85-39-19-32-67-33-21-41-87(90(67)85)96(75-36-7-4-8-37-75)83-57-73(89(60)91)56-82(59-83)95(74-34-5-3-6-35-74)86-40-20-31-66-26-17-18-38-84(66)86)72-54-80(93(76-46-42-62-22-9-13-27-68(62)50-76)77-47-43-63-23-10-14-28-69(63)51-77)58-81(55-72)94(78-48-44-64-24-11-15-29-70(64)52-78)79-49-45-65-25-12-16-30-71(65)53-79/h3-59H,1-2H3. The van der Waals surface area contributed by atoms with Gasteiger partial charge in [0.1, 0.15) is 0 Å². The van der Waals surface area contributed by atoms with E-state index in [9.17, 15) is 0 Å². The average Bonchev–Trinajstić information content (AvgIpc) is 1.29. The van der Waals surface area contributed by atoms with Gasteiger partial charge in [-0.05, 0) is 206 Å². The highest BCUT2D eigenvalue weighted by molar-refractivity contribution is 6.21. The summed E-state index contributed by atoms with van der Waals surface area (Å²) in [7, 11) is 0. The summed E-state index contributed by atoms with van der Waals surface area (Å²) in [4.78, 5) is 13.4. The van der Waals surface area contributed by atoms with Crippen molar-refractivity contribution < 1.29 is 0 Å². The highest BCUT2D eigenvalue weighted by atomic mass is 15.2. The molecule has 0 spiro atoms. The first-order valence-electron chi connectivity index (χ1n) is 33.0. The van der Waals surface area contributed by atoms with Gasteiger partial charge < -0.3 is 19.3 Å². The zero-order valence-electron chi connectivity index (χ0n) is 53.1. The van der Waals surface area contributed by atoms with E-state index in [-0.39, 0.29) is 0 Å². The number of para-hydroxylation sites is 2. The third kappa shape index (κ3) is 9.75. The molecule has 452 valence electrons. The number of aromatic nitrogens is 2. The van der Waals surface area contributed by atoms with E-state index in [0.717, 1.165) is 150 Å². The van der Waals surface area contributed by atoms with E-state index in [2.05, 4.69) is 379 Å². The minimum absolute atomic E-state index is 0.923. The molecule has 18 aromatic rings. The van der Waals surface area contributed by atoms with E-state index in [4.69, 9.17) is 4.98 Å². The molecule has 16 aromatic carbocycles. The second kappa shape index (κ2) is 23.2. The summed E-state index contributed by atoms with van der Waals surface area (Å²) < 4.78 is 2.46. The van der Waals surface area contributed by atoms with Crippen LogP contribution in [0.4, 0.5) is 51.2 Å². The molecule has 0 fully saturated rings. The predicted octanol–water partition coefficient (Wildman–Crippen LogP) is 25.5. The molecule has 0 atom stereocenters. The SMILES string of the molecule is Cc1nc2c3cccc4cccc(c43)n(-c3ccccc3)c3cc(N(c4ccccc4)c4cccc5ccccc45)cc(c3)c2c(C)c1-c1cc(N(c2ccc3ccccc3c2)c2ccc3ccccc3c2)cc(N(c2ccc3ccccc3c2)c2ccc3ccccc3c2)c1. The number of pyridine rings is 1. The van der Waals surface area contributed by atoms with Gasteiger partial charge in [0.15, 0.2) is 0 Å². The Bertz CT molecular complexity index is 5800. The molecule has 2 bridgehead atoms. The summed E-state index contributed by atoms with van der Waals surface area (Å²) in [6.07, 6.45) is 0. The predicted molar refractivity (Wildman–Crippen MR) is 409 cm³/mol. The van der Waals surface area contributed by atoms with Crippen molar-refractivity contribution >= 4 is 149 Å². The third-order valence-electron chi connectivity index (χ3n) is 19.4. The fourth-order valence-electron chi connectivity index (χ4n) is 15.1. The molecule has 0 radical (unpaired) electrons. The van der Waals surface area contributed by atoms with Crippen LogP contribution in [0, 0.1) is 13.8 Å². The van der Waals surface area contributed by atoms with Gasteiger partial charge in [-0.2, -0.15) is 0 Å². The second-order valence-corrected chi connectivity index (χ2v) is 25.2. The molecule has 5 nitrogen and oxygen atoms in total. The van der Waals surface area contributed by atoms with Crippen LogP contribution in [0.25, 0.3) is 114 Å². The topological polar surface area (TPSA) is 27.5 Å². The first kappa shape index (κ1) is 56.2. The lowest BCUT2D eigenvalue weighted by atomic mass is 9.92. The third-order valence-corrected chi connectivity index (χ3v) is 19.4. The fraction of sp³-hybridized carbons (Fsp3) is 0.0220. The van der Waals surface area contributed by atoms with Crippen LogP contribution in [0.2, 0.25) is 0 Å². The number of anilines is 9. The Hall–Kier alpha value is -12.6. The maximum Gasteiger partial charge on any atom is 0.0793 e. The van der Waals surface area contributed by atoms with E-state index < -0.39 is 0 Å². The van der Waals surface area contributed by atoms with Crippen molar-refractivity contribution in [1.29, 1.82) is 0 Å². The van der Waals surface area contributed by atoms with Crippen molar-refractivity contribution in [3.05, 3.63) is 357 Å². The van der Waals surface area contributed by atoms with Crippen molar-refractivity contribution in [2.75, 3.05) is 14.7 Å². The number of rotatable bonds is 11. The number of benzene rings is 16. The maximum absolute atomic E-state index is 6.06. The van der Waals surface area contributed by atoms with E-state index in [1.54, 1.807) is 0 Å². The molecular formula is C91H63N5. The Kier molecular flexibility index (Phi) is 13.6. The molecule has 0 aliphatic rings. The molecule has 0 saturated carbocycles. The molecule has 0 saturated heterocycles. The van der Waals surface area contributed by atoms with Gasteiger partial charge in [-0.15, -0.1) is 0 Å². The number of aryl methyl sites for hydroxylation is 2. The van der Waals surface area contributed by atoms with Gasteiger partial charge >= 0.3 is 0 Å². The Morgan fingerprint density at radius 3 is 1.25 bits per heavy atom. The highest BCUT2D eigenvalue weighted by Gasteiger charge is 2.25. The Labute approximate surface area is 557 Å². The number of hydrogen-bond acceptors (Lipinski definition) is 4. The van der Waals surface area contributed by atoms with Crippen molar-refractivity contribution in [1.82, 2.24) is 9.55 Å². The number of hydrogen-bond donors (Lipinski definition) is 0. The lowest BCUT2D eigenvalue weighted by Crippen LogP contribution is -2.14. The van der Waals surface area contributed by atoms with Crippen LogP contribution >= 0.6 is 0 Å². The minimum atomic E-state index is 0.923. The molecule has 96 heavy (non-hydrogen) atoms. The Morgan fingerprint density at radius 1 is 0.271 bits per heavy atom. The van der Waals surface area contributed by atoms with Gasteiger partial charge in [-0.3, -0.25) is 4.98 Å². The van der Waals surface area contributed by atoms with E-state index in [1.807, 2.05) is 0 Å². The van der Waals surface area contributed by atoms with E-state index in [1.165, 1.54) is 26.9 Å². The van der Waals surface area contributed by atoms with Gasteiger partial charge in [0.05, 0.1) is 16.7 Å². The molecule has 2 aromatic heterocycles. The average molecular weight is 1230 g/mol.